The van der Waals surface area contributed by atoms with Crippen molar-refractivity contribution in [3.05, 3.63) is 130 Å². The maximum Gasteiger partial charge on any atom is 0.337 e. The molecule has 0 saturated heterocycles. The van der Waals surface area contributed by atoms with Gasteiger partial charge >= 0.3 is 5.69 Å². The summed E-state index contributed by atoms with van der Waals surface area (Å²) in [7, 11) is 1.38. The predicted octanol–water partition coefficient (Wildman–Crippen LogP) is 5.19. The van der Waals surface area contributed by atoms with Crippen LogP contribution in [-0.2, 0) is 13.6 Å². The van der Waals surface area contributed by atoms with E-state index in [4.69, 9.17) is 4.74 Å². The van der Waals surface area contributed by atoms with Crippen LogP contribution in [0.5, 0.6) is 11.5 Å². The number of hydrogen-bond donors (Lipinski definition) is 0. The van der Waals surface area contributed by atoms with Gasteiger partial charge in [0.1, 0.15) is 34.2 Å². The second-order valence-electron chi connectivity index (χ2n) is 9.21. The van der Waals surface area contributed by atoms with Gasteiger partial charge in [0.25, 0.3) is 11.1 Å². The highest BCUT2D eigenvalue weighted by molar-refractivity contribution is 14.1. The highest BCUT2D eigenvalue weighted by atomic mass is 127. The van der Waals surface area contributed by atoms with Crippen molar-refractivity contribution in [2.75, 3.05) is 0 Å². The van der Waals surface area contributed by atoms with Crippen LogP contribution in [0.2, 0.25) is 0 Å². The van der Waals surface area contributed by atoms with Crippen LogP contribution in [0, 0.1) is 29.1 Å². The zero-order valence-electron chi connectivity index (χ0n) is 21.2. The first-order chi connectivity index (χ1) is 18.5. The van der Waals surface area contributed by atoms with Crippen molar-refractivity contribution >= 4 is 33.6 Å². The summed E-state index contributed by atoms with van der Waals surface area (Å²) in [5, 5.41) is -0.134. The monoisotopic (exact) mass is 641 g/mol. The third-order valence-electron chi connectivity index (χ3n) is 6.45. The number of aryl methyl sites for hydroxylation is 3. The van der Waals surface area contributed by atoms with Crippen LogP contribution in [0.25, 0.3) is 16.7 Å². The van der Waals surface area contributed by atoms with E-state index >= 15 is 4.39 Å². The van der Waals surface area contributed by atoms with E-state index in [0.717, 1.165) is 31.4 Å². The van der Waals surface area contributed by atoms with Crippen molar-refractivity contribution in [1.29, 1.82) is 0 Å². The smallest absolute Gasteiger partial charge is 0.337 e. The Kier molecular flexibility index (Phi) is 6.98. The van der Waals surface area contributed by atoms with Crippen LogP contribution < -0.4 is 21.5 Å². The Morgan fingerprint density at radius 3 is 2.28 bits per heavy atom. The Balaban J connectivity index is 1.91. The summed E-state index contributed by atoms with van der Waals surface area (Å²) in [5.74, 6) is -1.37. The first-order valence-electron chi connectivity index (χ1n) is 11.9. The molecule has 5 rings (SSSR count). The Labute approximate surface area is 234 Å². The van der Waals surface area contributed by atoms with E-state index in [1.54, 1.807) is 25.1 Å². The minimum atomic E-state index is -0.831. The first-order valence-corrected chi connectivity index (χ1v) is 13.0. The lowest BCUT2D eigenvalue weighted by atomic mass is 10.1. The number of nitrogens with zero attached hydrogens (tertiary/aromatic N) is 3. The lowest BCUT2D eigenvalue weighted by molar-refractivity contribution is 0.474. The Hall–Kier alpha value is -4.06. The topological polar surface area (TPSA) is 75.2 Å². The standard InChI is InChI=1S/C29H22F2IN3O4/c1-16-4-7-18(8-5-16)15-34-28(37)26-24(39-23-12-19(30)9-6-17(23)2)14-25(36)33(3)27(26)35(29(34)38)22-11-10-20(32)13-21(22)31/h4-14H,15H2,1-3H3. The number of ether oxygens (including phenoxy) is 1. The molecule has 0 aliphatic rings. The second kappa shape index (κ2) is 10.3. The van der Waals surface area contributed by atoms with E-state index in [0.29, 0.717) is 14.7 Å². The molecule has 0 atom stereocenters. The van der Waals surface area contributed by atoms with Crippen molar-refractivity contribution in [3.63, 3.8) is 0 Å². The molecule has 3 aromatic carbocycles. The molecule has 0 N–H and O–H groups in total. The van der Waals surface area contributed by atoms with Gasteiger partial charge in [0, 0.05) is 22.8 Å². The van der Waals surface area contributed by atoms with Gasteiger partial charge in [-0.15, -0.1) is 0 Å². The summed E-state index contributed by atoms with van der Waals surface area (Å²) in [6.45, 7) is 3.49. The minimum Gasteiger partial charge on any atom is -0.456 e. The average molecular weight is 641 g/mol. The summed E-state index contributed by atoms with van der Waals surface area (Å²) in [5.41, 5.74) is -0.247. The summed E-state index contributed by atoms with van der Waals surface area (Å²) >= 11 is 1.94. The summed E-state index contributed by atoms with van der Waals surface area (Å²) in [6, 6.07) is 16.5. The highest BCUT2D eigenvalue weighted by Gasteiger charge is 2.24. The SMILES string of the molecule is Cc1ccc(Cn2c(=O)c3c(Oc4cc(F)ccc4C)cc(=O)n(C)c3n(-c3ccc(I)cc3F)c2=O)cc1. The molecule has 5 aromatic rings. The molecule has 0 aliphatic heterocycles. The maximum absolute atomic E-state index is 15.3. The van der Waals surface area contributed by atoms with Gasteiger partial charge in [-0.1, -0.05) is 35.9 Å². The molecule has 0 aliphatic carbocycles. The number of fused-ring (bicyclic) bond motifs is 1. The summed E-state index contributed by atoms with van der Waals surface area (Å²) in [6.07, 6.45) is 0. The fourth-order valence-electron chi connectivity index (χ4n) is 4.34. The number of rotatable bonds is 5. The Bertz CT molecular complexity index is 1940. The van der Waals surface area contributed by atoms with Crippen molar-refractivity contribution < 1.29 is 13.5 Å². The highest BCUT2D eigenvalue weighted by Crippen LogP contribution is 2.30. The van der Waals surface area contributed by atoms with Crippen LogP contribution in [0.3, 0.4) is 0 Å². The van der Waals surface area contributed by atoms with Crippen LogP contribution in [0.15, 0.2) is 81.1 Å². The van der Waals surface area contributed by atoms with Crippen LogP contribution in [0.1, 0.15) is 16.7 Å². The molecule has 198 valence electrons. The quantitative estimate of drug-likeness (QED) is 0.248. The summed E-state index contributed by atoms with van der Waals surface area (Å²) in [4.78, 5) is 40.9. The average Bonchev–Trinajstić information content (AvgIpc) is 2.88. The number of benzene rings is 3. The minimum absolute atomic E-state index is 0.0900. The number of pyridine rings is 1. The fourth-order valence-corrected chi connectivity index (χ4v) is 4.79. The third-order valence-corrected chi connectivity index (χ3v) is 7.12. The molecule has 0 radical (unpaired) electrons. The molecule has 10 heteroatoms. The second-order valence-corrected chi connectivity index (χ2v) is 10.5. The van der Waals surface area contributed by atoms with Crippen molar-refractivity contribution in [1.82, 2.24) is 13.7 Å². The molecule has 0 bridgehead atoms. The number of halogens is 3. The van der Waals surface area contributed by atoms with Crippen LogP contribution in [0.4, 0.5) is 8.78 Å². The van der Waals surface area contributed by atoms with E-state index in [9.17, 15) is 18.8 Å². The van der Waals surface area contributed by atoms with Gasteiger partial charge in [-0.2, -0.15) is 0 Å². The molecule has 0 unspecified atom stereocenters. The first kappa shape index (κ1) is 26.5. The van der Waals surface area contributed by atoms with E-state index < -0.39 is 28.4 Å². The molecule has 0 spiro atoms. The molecule has 7 nitrogen and oxygen atoms in total. The van der Waals surface area contributed by atoms with Gasteiger partial charge in [-0.25, -0.2) is 18.1 Å². The lowest BCUT2D eigenvalue weighted by Gasteiger charge is -2.19. The van der Waals surface area contributed by atoms with Crippen molar-refractivity contribution in [2.45, 2.75) is 20.4 Å². The largest absolute Gasteiger partial charge is 0.456 e. The van der Waals surface area contributed by atoms with E-state index in [2.05, 4.69) is 0 Å². The van der Waals surface area contributed by atoms with Crippen LogP contribution in [-0.4, -0.2) is 13.7 Å². The molecular weight excluding hydrogens is 619 g/mol. The molecule has 2 aromatic heterocycles. The van der Waals surface area contributed by atoms with Crippen LogP contribution >= 0.6 is 22.6 Å². The van der Waals surface area contributed by atoms with Crippen molar-refractivity contribution in [3.8, 4) is 17.2 Å². The molecule has 0 amide bonds. The number of hydrogen-bond acceptors (Lipinski definition) is 4. The zero-order chi connectivity index (χ0) is 28.0. The number of aromatic nitrogens is 3. The van der Waals surface area contributed by atoms with Gasteiger partial charge in [-0.05, 0) is 71.8 Å². The predicted molar refractivity (Wildman–Crippen MR) is 153 cm³/mol. The lowest BCUT2D eigenvalue weighted by Crippen LogP contribution is -2.42. The zero-order valence-corrected chi connectivity index (χ0v) is 23.3. The van der Waals surface area contributed by atoms with Gasteiger partial charge < -0.3 is 4.74 Å². The normalized spacial score (nSPS) is 11.2. The van der Waals surface area contributed by atoms with Gasteiger partial charge in [0.15, 0.2) is 0 Å². The van der Waals surface area contributed by atoms with Gasteiger partial charge in [0.2, 0.25) is 0 Å². The summed E-state index contributed by atoms with van der Waals surface area (Å²) < 4.78 is 39.0. The fraction of sp³-hybridized carbons (Fsp3) is 0.138. The van der Waals surface area contributed by atoms with Crippen molar-refractivity contribution in [2.24, 2.45) is 7.05 Å². The molecular formula is C29H22F2IN3O4. The Morgan fingerprint density at radius 1 is 0.872 bits per heavy atom. The van der Waals surface area contributed by atoms with E-state index in [1.807, 2.05) is 41.6 Å². The molecule has 0 saturated carbocycles. The van der Waals surface area contributed by atoms with Gasteiger partial charge in [0.05, 0.1) is 12.2 Å². The van der Waals surface area contributed by atoms with E-state index in [-0.39, 0.29) is 34.8 Å². The molecule has 39 heavy (non-hydrogen) atoms. The van der Waals surface area contributed by atoms with E-state index in [1.165, 1.54) is 31.3 Å². The molecule has 0 fully saturated rings. The molecule has 2 heterocycles. The Morgan fingerprint density at radius 2 is 1.59 bits per heavy atom. The van der Waals surface area contributed by atoms with Gasteiger partial charge in [-0.3, -0.25) is 18.7 Å². The third kappa shape index (κ3) is 4.91. The maximum atomic E-state index is 15.3.